The zero-order valence-corrected chi connectivity index (χ0v) is 13.9. The Bertz CT molecular complexity index is 637. The van der Waals surface area contributed by atoms with Crippen LogP contribution < -0.4 is 5.32 Å². The minimum atomic E-state index is 0.277. The van der Waals surface area contributed by atoms with Crippen molar-refractivity contribution in [1.29, 1.82) is 0 Å². The van der Waals surface area contributed by atoms with Crippen LogP contribution in [-0.2, 0) is 0 Å². The molecule has 0 fully saturated rings. The number of nitrogens with one attached hydrogen (secondary N) is 1. The van der Waals surface area contributed by atoms with Gasteiger partial charge in [-0.15, -0.1) is 22.7 Å². The summed E-state index contributed by atoms with van der Waals surface area (Å²) in [5.41, 5.74) is 2.71. The summed E-state index contributed by atoms with van der Waals surface area (Å²) >= 11 is 3.63. The van der Waals surface area contributed by atoms with Crippen molar-refractivity contribution < 1.29 is 0 Å². The van der Waals surface area contributed by atoms with Crippen LogP contribution in [0, 0.1) is 6.92 Å². The minimum Gasteiger partial charge on any atom is -0.298 e. The van der Waals surface area contributed by atoms with Gasteiger partial charge in [0.1, 0.15) is 0 Å². The summed E-state index contributed by atoms with van der Waals surface area (Å²) < 4.78 is 0. The average molecular weight is 313 g/mol. The van der Waals surface area contributed by atoms with Gasteiger partial charge in [-0.3, -0.25) is 5.32 Å². The van der Waals surface area contributed by atoms with E-state index < -0.39 is 0 Å². The molecule has 2 heterocycles. The van der Waals surface area contributed by atoms with Crippen LogP contribution in [0.15, 0.2) is 59.3 Å². The van der Waals surface area contributed by atoms with Gasteiger partial charge in [-0.1, -0.05) is 36.4 Å². The van der Waals surface area contributed by atoms with Crippen molar-refractivity contribution in [2.24, 2.45) is 0 Å². The summed E-state index contributed by atoms with van der Waals surface area (Å²) in [5.74, 6) is 0. The lowest BCUT2D eigenvalue weighted by Gasteiger charge is -2.23. The van der Waals surface area contributed by atoms with Crippen molar-refractivity contribution >= 4 is 22.7 Å². The molecule has 0 aliphatic rings. The third-order valence-corrected chi connectivity index (χ3v) is 5.60. The normalized spacial score (nSPS) is 12.7. The molecule has 1 nitrogen and oxygen atoms in total. The van der Waals surface area contributed by atoms with E-state index >= 15 is 0 Å². The molecule has 0 bridgehead atoms. The second-order valence-corrected chi connectivity index (χ2v) is 7.17. The third kappa shape index (κ3) is 3.26. The molecular weight excluding hydrogens is 294 g/mol. The van der Waals surface area contributed by atoms with Gasteiger partial charge in [0, 0.05) is 15.8 Å². The summed E-state index contributed by atoms with van der Waals surface area (Å²) in [6.45, 7) is 4.43. The van der Waals surface area contributed by atoms with Crippen molar-refractivity contribution in [1.82, 2.24) is 5.32 Å². The second-order valence-electron chi connectivity index (χ2n) is 5.21. The van der Waals surface area contributed by atoms with E-state index in [1.807, 2.05) is 22.7 Å². The molecule has 1 aromatic carbocycles. The monoisotopic (exact) mass is 313 g/mol. The SMILES string of the molecule is Cc1ccccc1[C@@H](C)NC(c1cccs1)c1cccs1. The van der Waals surface area contributed by atoms with Gasteiger partial charge in [0.05, 0.1) is 6.04 Å². The highest BCUT2D eigenvalue weighted by atomic mass is 32.1. The fraction of sp³-hybridized carbons (Fsp3) is 0.222. The van der Waals surface area contributed by atoms with Crippen LogP contribution in [0.5, 0.6) is 0 Å². The first-order valence-electron chi connectivity index (χ1n) is 7.14. The first-order chi connectivity index (χ1) is 10.3. The lowest BCUT2D eigenvalue weighted by atomic mass is 10.0. The zero-order chi connectivity index (χ0) is 14.7. The molecule has 0 spiro atoms. The van der Waals surface area contributed by atoms with Crippen LogP contribution in [0.2, 0.25) is 0 Å². The van der Waals surface area contributed by atoms with Gasteiger partial charge < -0.3 is 0 Å². The van der Waals surface area contributed by atoms with E-state index in [-0.39, 0.29) is 6.04 Å². The molecular formula is C18H19NS2. The predicted octanol–water partition coefficient (Wildman–Crippen LogP) is 5.56. The van der Waals surface area contributed by atoms with Crippen LogP contribution in [0.1, 0.15) is 39.9 Å². The van der Waals surface area contributed by atoms with E-state index in [2.05, 4.69) is 78.5 Å². The Morgan fingerprint density at radius 1 is 0.857 bits per heavy atom. The van der Waals surface area contributed by atoms with E-state index in [1.54, 1.807) is 0 Å². The van der Waals surface area contributed by atoms with Crippen LogP contribution in [-0.4, -0.2) is 0 Å². The highest BCUT2D eigenvalue weighted by Crippen LogP contribution is 2.32. The standard InChI is InChI=1S/C18H19NS2/c1-13-7-3-4-8-15(13)14(2)19-18(16-9-5-11-20-16)17-10-6-12-21-17/h3-12,14,18-19H,1-2H3/t14-/m1/s1. The van der Waals surface area contributed by atoms with Crippen LogP contribution >= 0.6 is 22.7 Å². The number of hydrogen-bond donors (Lipinski definition) is 1. The molecule has 21 heavy (non-hydrogen) atoms. The fourth-order valence-electron chi connectivity index (χ4n) is 2.63. The number of aryl methyl sites for hydroxylation is 1. The van der Waals surface area contributed by atoms with Crippen LogP contribution in [0.3, 0.4) is 0 Å². The average Bonchev–Trinajstić information content (AvgIpc) is 3.18. The second kappa shape index (κ2) is 6.56. The third-order valence-electron chi connectivity index (χ3n) is 3.73. The van der Waals surface area contributed by atoms with Gasteiger partial charge >= 0.3 is 0 Å². The maximum absolute atomic E-state index is 3.80. The van der Waals surface area contributed by atoms with Crippen LogP contribution in [0.25, 0.3) is 0 Å². The van der Waals surface area contributed by atoms with Gasteiger partial charge in [0.25, 0.3) is 0 Å². The van der Waals surface area contributed by atoms with Gasteiger partial charge in [-0.05, 0) is 47.9 Å². The van der Waals surface area contributed by atoms with Crippen molar-refractivity contribution in [3.63, 3.8) is 0 Å². The Balaban J connectivity index is 1.87. The molecule has 0 saturated heterocycles. The Labute approximate surface area is 134 Å². The van der Waals surface area contributed by atoms with E-state index in [0.717, 1.165) is 0 Å². The van der Waals surface area contributed by atoms with Gasteiger partial charge in [0.15, 0.2) is 0 Å². The highest BCUT2D eigenvalue weighted by molar-refractivity contribution is 7.11. The molecule has 0 aliphatic heterocycles. The van der Waals surface area contributed by atoms with Gasteiger partial charge in [-0.2, -0.15) is 0 Å². The van der Waals surface area contributed by atoms with E-state index in [9.17, 15) is 0 Å². The number of hydrogen-bond acceptors (Lipinski definition) is 3. The Kier molecular flexibility index (Phi) is 4.54. The lowest BCUT2D eigenvalue weighted by molar-refractivity contribution is 0.525. The summed E-state index contributed by atoms with van der Waals surface area (Å²) in [6.07, 6.45) is 0. The molecule has 3 heteroatoms. The van der Waals surface area contributed by atoms with Crippen molar-refractivity contribution in [2.75, 3.05) is 0 Å². The smallest absolute Gasteiger partial charge is 0.0769 e. The van der Waals surface area contributed by atoms with Crippen molar-refractivity contribution in [3.8, 4) is 0 Å². The molecule has 0 aliphatic carbocycles. The molecule has 2 aromatic heterocycles. The van der Waals surface area contributed by atoms with E-state index in [1.165, 1.54) is 20.9 Å². The van der Waals surface area contributed by atoms with Gasteiger partial charge in [0.2, 0.25) is 0 Å². The largest absolute Gasteiger partial charge is 0.298 e. The zero-order valence-electron chi connectivity index (χ0n) is 12.2. The van der Waals surface area contributed by atoms with E-state index in [0.29, 0.717) is 6.04 Å². The Hall–Kier alpha value is -1.42. The van der Waals surface area contributed by atoms with Crippen molar-refractivity contribution in [2.45, 2.75) is 25.9 Å². The number of rotatable bonds is 5. The molecule has 3 aromatic rings. The van der Waals surface area contributed by atoms with Gasteiger partial charge in [-0.25, -0.2) is 0 Å². The topological polar surface area (TPSA) is 12.0 Å². The summed E-state index contributed by atoms with van der Waals surface area (Å²) in [6, 6.07) is 17.9. The van der Waals surface area contributed by atoms with Crippen LogP contribution in [0.4, 0.5) is 0 Å². The first kappa shape index (κ1) is 14.5. The summed E-state index contributed by atoms with van der Waals surface area (Å²) in [4.78, 5) is 2.75. The highest BCUT2D eigenvalue weighted by Gasteiger charge is 2.19. The minimum absolute atomic E-state index is 0.277. The Morgan fingerprint density at radius 2 is 1.48 bits per heavy atom. The predicted molar refractivity (Wildman–Crippen MR) is 93.2 cm³/mol. The molecule has 1 atom stereocenters. The fourth-order valence-corrected chi connectivity index (χ4v) is 4.31. The molecule has 0 radical (unpaired) electrons. The molecule has 0 saturated carbocycles. The molecule has 108 valence electrons. The van der Waals surface area contributed by atoms with E-state index in [4.69, 9.17) is 0 Å². The first-order valence-corrected chi connectivity index (χ1v) is 8.90. The number of benzene rings is 1. The molecule has 0 amide bonds. The molecule has 3 rings (SSSR count). The quantitative estimate of drug-likeness (QED) is 0.650. The summed E-state index contributed by atoms with van der Waals surface area (Å²) in [5, 5.41) is 8.10. The maximum Gasteiger partial charge on any atom is 0.0769 e. The Morgan fingerprint density at radius 3 is 2.00 bits per heavy atom. The maximum atomic E-state index is 3.80. The summed E-state index contributed by atoms with van der Waals surface area (Å²) in [7, 11) is 0. The van der Waals surface area contributed by atoms with Crippen molar-refractivity contribution in [3.05, 3.63) is 80.2 Å². The molecule has 1 N–H and O–H groups in total. The number of thiophene rings is 2. The lowest BCUT2D eigenvalue weighted by Crippen LogP contribution is -2.24. The molecule has 0 unspecified atom stereocenters.